The molecule has 0 aromatic heterocycles. The maximum atomic E-state index is 10.5. The maximum Gasteiger partial charge on any atom is 0.303 e. The molecule has 0 spiro atoms. The Kier molecular flexibility index (Phi) is 4.83. The van der Waals surface area contributed by atoms with Gasteiger partial charge >= 0.3 is 5.97 Å². The summed E-state index contributed by atoms with van der Waals surface area (Å²) in [5, 5.41) is 8.64. The van der Waals surface area contributed by atoms with Crippen LogP contribution in [-0.2, 0) is 11.2 Å². The summed E-state index contributed by atoms with van der Waals surface area (Å²) in [4.78, 5) is 10.5. The van der Waals surface area contributed by atoms with Crippen LogP contribution < -0.4 is 4.74 Å². The molecule has 0 heterocycles. The van der Waals surface area contributed by atoms with Gasteiger partial charge in [-0.05, 0) is 24.0 Å². The lowest BCUT2D eigenvalue weighted by Crippen LogP contribution is -2.07. The van der Waals surface area contributed by atoms with Gasteiger partial charge in [0.25, 0.3) is 0 Å². The number of benzene rings is 1. The Morgan fingerprint density at radius 3 is 2.69 bits per heavy atom. The predicted molar refractivity (Wildman–Crippen MR) is 62.7 cm³/mol. The maximum absolute atomic E-state index is 10.5. The molecule has 3 heteroatoms. The van der Waals surface area contributed by atoms with E-state index < -0.39 is 5.97 Å². The van der Waals surface area contributed by atoms with Crippen LogP contribution in [0.15, 0.2) is 24.3 Å². The SMILES string of the molecule is CC(C)COc1ccccc1CCC(=O)O. The minimum atomic E-state index is -0.779. The van der Waals surface area contributed by atoms with Crippen molar-refractivity contribution < 1.29 is 14.6 Å². The van der Waals surface area contributed by atoms with Crippen molar-refractivity contribution in [2.24, 2.45) is 5.92 Å². The first-order valence-electron chi connectivity index (χ1n) is 5.52. The Hall–Kier alpha value is -1.51. The lowest BCUT2D eigenvalue weighted by atomic mass is 10.1. The molecular formula is C13H18O3. The number of para-hydroxylation sites is 1. The van der Waals surface area contributed by atoms with E-state index in [2.05, 4.69) is 13.8 Å². The van der Waals surface area contributed by atoms with Crippen LogP contribution in [0.1, 0.15) is 25.8 Å². The van der Waals surface area contributed by atoms with Crippen LogP contribution in [0.25, 0.3) is 0 Å². The smallest absolute Gasteiger partial charge is 0.303 e. The summed E-state index contributed by atoms with van der Waals surface area (Å²) in [5.74, 6) is 0.489. The van der Waals surface area contributed by atoms with Crippen LogP contribution in [0.3, 0.4) is 0 Å². The molecule has 0 amide bonds. The van der Waals surface area contributed by atoms with E-state index in [9.17, 15) is 4.79 Å². The third-order valence-electron chi connectivity index (χ3n) is 2.15. The molecule has 0 saturated carbocycles. The number of rotatable bonds is 6. The first-order chi connectivity index (χ1) is 7.59. The summed E-state index contributed by atoms with van der Waals surface area (Å²) in [5.41, 5.74) is 0.963. The van der Waals surface area contributed by atoms with E-state index in [1.165, 1.54) is 0 Å². The summed E-state index contributed by atoms with van der Waals surface area (Å²) in [6.07, 6.45) is 0.658. The van der Waals surface area contributed by atoms with Crippen LogP contribution in [0.2, 0.25) is 0 Å². The van der Waals surface area contributed by atoms with Gasteiger partial charge in [-0.25, -0.2) is 0 Å². The van der Waals surface area contributed by atoms with Gasteiger partial charge in [0.15, 0.2) is 0 Å². The van der Waals surface area contributed by atoms with Gasteiger partial charge in [0.1, 0.15) is 5.75 Å². The van der Waals surface area contributed by atoms with Crippen LogP contribution in [-0.4, -0.2) is 17.7 Å². The molecule has 0 radical (unpaired) electrons. The largest absolute Gasteiger partial charge is 0.493 e. The van der Waals surface area contributed by atoms with Gasteiger partial charge in [-0.2, -0.15) is 0 Å². The van der Waals surface area contributed by atoms with Crippen molar-refractivity contribution in [3.8, 4) is 5.75 Å². The molecule has 0 saturated heterocycles. The van der Waals surface area contributed by atoms with Gasteiger partial charge in [0.05, 0.1) is 6.61 Å². The molecule has 0 atom stereocenters. The van der Waals surface area contributed by atoms with Crippen molar-refractivity contribution in [3.63, 3.8) is 0 Å². The Balaban J connectivity index is 2.63. The first kappa shape index (κ1) is 12.6. The Morgan fingerprint density at radius 2 is 2.06 bits per heavy atom. The fourth-order valence-electron chi connectivity index (χ4n) is 1.35. The van der Waals surface area contributed by atoms with Crippen molar-refractivity contribution in [3.05, 3.63) is 29.8 Å². The lowest BCUT2D eigenvalue weighted by molar-refractivity contribution is -0.136. The van der Waals surface area contributed by atoms with Gasteiger partial charge in [0.2, 0.25) is 0 Å². The molecule has 0 aliphatic heterocycles. The summed E-state index contributed by atoms with van der Waals surface area (Å²) in [6.45, 7) is 4.82. The zero-order valence-electron chi connectivity index (χ0n) is 9.77. The topological polar surface area (TPSA) is 46.5 Å². The Bertz CT molecular complexity index is 345. The van der Waals surface area contributed by atoms with Crippen LogP contribution >= 0.6 is 0 Å². The van der Waals surface area contributed by atoms with Gasteiger partial charge in [-0.15, -0.1) is 0 Å². The molecule has 0 aliphatic carbocycles. The molecule has 0 aliphatic rings. The number of aryl methyl sites for hydroxylation is 1. The molecule has 1 aromatic carbocycles. The molecule has 0 unspecified atom stereocenters. The molecule has 1 N–H and O–H groups in total. The van der Waals surface area contributed by atoms with Crippen LogP contribution in [0.5, 0.6) is 5.75 Å². The van der Waals surface area contributed by atoms with Crippen molar-refractivity contribution >= 4 is 5.97 Å². The molecular weight excluding hydrogens is 204 g/mol. The zero-order chi connectivity index (χ0) is 12.0. The summed E-state index contributed by atoms with van der Waals surface area (Å²) in [6, 6.07) is 7.61. The molecule has 3 nitrogen and oxygen atoms in total. The molecule has 0 fully saturated rings. The van der Waals surface area contributed by atoms with E-state index in [1.54, 1.807) is 0 Å². The van der Waals surface area contributed by atoms with Crippen LogP contribution in [0.4, 0.5) is 0 Å². The highest BCUT2D eigenvalue weighted by Crippen LogP contribution is 2.20. The number of hydrogen-bond acceptors (Lipinski definition) is 2. The summed E-state index contributed by atoms with van der Waals surface area (Å²) >= 11 is 0. The first-order valence-corrected chi connectivity index (χ1v) is 5.52. The normalized spacial score (nSPS) is 10.4. The predicted octanol–water partition coefficient (Wildman–Crippen LogP) is 2.74. The van der Waals surface area contributed by atoms with E-state index >= 15 is 0 Å². The van der Waals surface area contributed by atoms with Gasteiger partial charge in [-0.1, -0.05) is 32.0 Å². The highest BCUT2D eigenvalue weighted by atomic mass is 16.5. The second-order valence-electron chi connectivity index (χ2n) is 4.21. The fraction of sp³-hybridized carbons (Fsp3) is 0.462. The van der Waals surface area contributed by atoms with E-state index in [-0.39, 0.29) is 6.42 Å². The highest BCUT2D eigenvalue weighted by Gasteiger charge is 2.06. The van der Waals surface area contributed by atoms with Crippen molar-refractivity contribution in [1.82, 2.24) is 0 Å². The number of carboxylic acid groups (broad SMARTS) is 1. The van der Waals surface area contributed by atoms with Crippen molar-refractivity contribution in [2.45, 2.75) is 26.7 Å². The second kappa shape index (κ2) is 6.16. The lowest BCUT2D eigenvalue weighted by Gasteiger charge is -2.12. The third kappa shape index (κ3) is 4.34. The minimum Gasteiger partial charge on any atom is -0.493 e. The number of carboxylic acids is 1. The average molecular weight is 222 g/mol. The molecule has 88 valence electrons. The Labute approximate surface area is 96.1 Å². The molecule has 16 heavy (non-hydrogen) atoms. The number of ether oxygens (including phenoxy) is 1. The average Bonchev–Trinajstić information content (AvgIpc) is 2.24. The minimum absolute atomic E-state index is 0.141. The summed E-state index contributed by atoms with van der Waals surface area (Å²) in [7, 11) is 0. The quantitative estimate of drug-likeness (QED) is 0.805. The number of aliphatic carboxylic acids is 1. The van der Waals surface area contributed by atoms with Gasteiger partial charge in [0, 0.05) is 6.42 Å². The highest BCUT2D eigenvalue weighted by molar-refractivity contribution is 5.67. The van der Waals surface area contributed by atoms with Crippen molar-refractivity contribution in [2.75, 3.05) is 6.61 Å². The van der Waals surface area contributed by atoms with E-state index in [0.717, 1.165) is 11.3 Å². The van der Waals surface area contributed by atoms with Gasteiger partial charge < -0.3 is 9.84 Å². The Morgan fingerprint density at radius 1 is 1.38 bits per heavy atom. The second-order valence-corrected chi connectivity index (χ2v) is 4.21. The standard InChI is InChI=1S/C13H18O3/c1-10(2)9-16-12-6-4-3-5-11(12)7-8-13(14)15/h3-6,10H,7-9H2,1-2H3,(H,14,15). The van der Waals surface area contributed by atoms with Crippen LogP contribution in [0, 0.1) is 5.92 Å². The van der Waals surface area contributed by atoms with Crippen molar-refractivity contribution in [1.29, 1.82) is 0 Å². The zero-order valence-corrected chi connectivity index (χ0v) is 9.77. The molecule has 1 rings (SSSR count). The molecule has 0 bridgehead atoms. The fourth-order valence-corrected chi connectivity index (χ4v) is 1.35. The van der Waals surface area contributed by atoms with E-state index in [0.29, 0.717) is 18.9 Å². The number of carbonyl (C=O) groups is 1. The summed E-state index contributed by atoms with van der Waals surface area (Å²) < 4.78 is 5.64. The van der Waals surface area contributed by atoms with Gasteiger partial charge in [-0.3, -0.25) is 4.79 Å². The monoisotopic (exact) mass is 222 g/mol. The molecule has 1 aromatic rings. The van der Waals surface area contributed by atoms with E-state index in [4.69, 9.17) is 9.84 Å². The van der Waals surface area contributed by atoms with E-state index in [1.807, 2.05) is 24.3 Å². The number of hydrogen-bond donors (Lipinski definition) is 1. The third-order valence-corrected chi connectivity index (χ3v) is 2.15.